The fraction of sp³-hybridized carbons (Fsp3) is 0.176. The molecule has 118 valence electrons. The van der Waals surface area contributed by atoms with Crippen LogP contribution in [0.25, 0.3) is 0 Å². The molecule has 0 amide bonds. The maximum Gasteiger partial charge on any atom is 0.139 e. The van der Waals surface area contributed by atoms with Gasteiger partial charge in [-0.25, -0.2) is 13.8 Å². The van der Waals surface area contributed by atoms with Gasteiger partial charge in [0.25, 0.3) is 0 Å². The Balaban J connectivity index is 1.93. The van der Waals surface area contributed by atoms with Gasteiger partial charge in [-0.15, -0.1) is 5.10 Å². The third kappa shape index (κ3) is 3.53. The van der Waals surface area contributed by atoms with E-state index in [2.05, 4.69) is 15.5 Å². The second-order valence-electron chi connectivity index (χ2n) is 5.34. The maximum atomic E-state index is 13.2. The number of nitrogens with one attached hydrogen (secondary N) is 1. The summed E-state index contributed by atoms with van der Waals surface area (Å²) in [7, 11) is 0. The summed E-state index contributed by atoms with van der Waals surface area (Å²) in [6, 6.07) is 12.5. The minimum absolute atomic E-state index is 0.00487. The zero-order valence-electron chi connectivity index (χ0n) is 12.5. The molecule has 2 unspecified atom stereocenters. The smallest absolute Gasteiger partial charge is 0.139 e. The second kappa shape index (κ2) is 6.56. The van der Waals surface area contributed by atoms with E-state index in [0.717, 1.165) is 11.1 Å². The summed E-state index contributed by atoms with van der Waals surface area (Å²) in [5, 5.41) is 4.05. The molecule has 0 fully saturated rings. The van der Waals surface area contributed by atoms with Crippen LogP contribution >= 0.6 is 0 Å². The lowest BCUT2D eigenvalue weighted by Crippen LogP contribution is -2.25. The lowest BCUT2D eigenvalue weighted by molar-refractivity contribution is 0.546. The van der Waals surface area contributed by atoms with Gasteiger partial charge in [0.05, 0.1) is 6.04 Å². The normalized spacial score (nSPS) is 13.5. The largest absolute Gasteiger partial charge is 0.300 e. The molecule has 1 N–H and O–H groups in total. The molecule has 0 bridgehead atoms. The van der Waals surface area contributed by atoms with Gasteiger partial charge in [-0.05, 0) is 35.4 Å². The van der Waals surface area contributed by atoms with E-state index in [0.29, 0.717) is 0 Å². The molecule has 23 heavy (non-hydrogen) atoms. The Morgan fingerprint density at radius 3 is 2.00 bits per heavy atom. The quantitative estimate of drug-likeness (QED) is 0.782. The van der Waals surface area contributed by atoms with Crippen LogP contribution < -0.4 is 5.43 Å². The molecule has 0 radical (unpaired) electrons. The fourth-order valence-corrected chi connectivity index (χ4v) is 2.52. The lowest BCUT2D eigenvalue weighted by Gasteiger charge is -2.26. The van der Waals surface area contributed by atoms with Crippen molar-refractivity contribution in [3.8, 4) is 0 Å². The van der Waals surface area contributed by atoms with Crippen molar-refractivity contribution in [2.24, 2.45) is 0 Å². The molecule has 4 nitrogen and oxygen atoms in total. The number of halogens is 2. The Morgan fingerprint density at radius 2 is 1.48 bits per heavy atom. The van der Waals surface area contributed by atoms with Gasteiger partial charge >= 0.3 is 0 Å². The molecular formula is C17H16F2N4. The van der Waals surface area contributed by atoms with Crippen molar-refractivity contribution in [1.82, 2.24) is 14.9 Å². The molecule has 3 aromatic rings. The Kier molecular flexibility index (Phi) is 4.32. The van der Waals surface area contributed by atoms with Gasteiger partial charge in [0, 0.05) is 5.92 Å². The standard InChI is InChI=1S/C17H16F2N4/c1-12(13-2-6-15(18)7-3-13)17(22-23-11-20-10-21-23)14-4-8-16(19)9-5-14/h2-12,17,22H,1H3. The number of hydrogen-bond donors (Lipinski definition) is 1. The number of benzene rings is 2. The summed E-state index contributed by atoms with van der Waals surface area (Å²) in [6.07, 6.45) is 2.98. The van der Waals surface area contributed by atoms with Crippen LogP contribution in [0, 0.1) is 11.6 Å². The van der Waals surface area contributed by atoms with E-state index in [1.54, 1.807) is 30.6 Å². The highest BCUT2D eigenvalue weighted by Crippen LogP contribution is 2.31. The van der Waals surface area contributed by atoms with E-state index in [-0.39, 0.29) is 23.6 Å². The van der Waals surface area contributed by atoms with Crippen molar-refractivity contribution >= 4 is 0 Å². The monoisotopic (exact) mass is 314 g/mol. The van der Waals surface area contributed by atoms with E-state index in [1.807, 2.05) is 6.92 Å². The van der Waals surface area contributed by atoms with Crippen LogP contribution in [0.15, 0.2) is 61.2 Å². The minimum atomic E-state index is -0.289. The molecule has 0 aliphatic heterocycles. The third-order valence-corrected chi connectivity index (χ3v) is 3.82. The van der Waals surface area contributed by atoms with Crippen molar-refractivity contribution in [3.05, 3.63) is 83.9 Å². The molecule has 0 saturated carbocycles. The predicted molar refractivity (Wildman–Crippen MR) is 83.3 cm³/mol. The zero-order chi connectivity index (χ0) is 16.2. The zero-order valence-corrected chi connectivity index (χ0v) is 12.5. The van der Waals surface area contributed by atoms with Crippen molar-refractivity contribution < 1.29 is 8.78 Å². The molecule has 1 heterocycles. The van der Waals surface area contributed by atoms with Crippen LogP contribution in [-0.4, -0.2) is 14.9 Å². The van der Waals surface area contributed by atoms with Gasteiger partial charge in [0.15, 0.2) is 0 Å². The van der Waals surface area contributed by atoms with Crippen LogP contribution in [0.2, 0.25) is 0 Å². The van der Waals surface area contributed by atoms with Gasteiger partial charge < -0.3 is 5.43 Å². The number of aromatic nitrogens is 3. The molecule has 0 aliphatic carbocycles. The van der Waals surface area contributed by atoms with E-state index < -0.39 is 0 Å². The average Bonchev–Trinajstić information content (AvgIpc) is 3.07. The minimum Gasteiger partial charge on any atom is -0.300 e. The first kappa shape index (κ1) is 15.1. The molecule has 1 aromatic heterocycles. The van der Waals surface area contributed by atoms with Gasteiger partial charge in [0.2, 0.25) is 0 Å². The molecule has 2 atom stereocenters. The van der Waals surface area contributed by atoms with Crippen molar-refractivity contribution in [2.75, 3.05) is 5.43 Å². The summed E-state index contributed by atoms with van der Waals surface area (Å²) < 4.78 is 26.4. The molecule has 6 heteroatoms. The first-order valence-corrected chi connectivity index (χ1v) is 7.25. The highest BCUT2D eigenvalue weighted by Gasteiger charge is 2.21. The van der Waals surface area contributed by atoms with Crippen LogP contribution in [0.1, 0.15) is 30.0 Å². The number of nitrogens with zero attached hydrogens (tertiary/aromatic N) is 3. The Labute approximate surface area is 132 Å². The van der Waals surface area contributed by atoms with E-state index in [9.17, 15) is 8.78 Å². The Bertz CT molecular complexity index is 739. The third-order valence-electron chi connectivity index (χ3n) is 3.82. The van der Waals surface area contributed by atoms with Crippen LogP contribution in [0.4, 0.5) is 8.78 Å². The number of rotatable bonds is 5. The summed E-state index contributed by atoms with van der Waals surface area (Å²) in [4.78, 5) is 5.41. The molecule has 0 aliphatic rings. The first-order chi connectivity index (χ1) is 11.1. The van der Waals surface area contributed by atoms with Gasteiger partial charge in [-0.1, -0.05) is 31.2 Å². The topological polar surface area (TPSA) is 42.7 Å². The van der Waals surface area contributed by atoms with Crippen LogP contribution in [0.5, 0.6) is 0 Å². The average molecular weight is 314 g/mol. The molecule has 3 rings (SSSR count). The van der Waals surface area contributed by atoms with E-state index in [1.165, 1.54) is 35.4 Å². The van der Waals surface area contributed by atoms with Crippen LogP contribution in [-0.2, 0) is 0 Å². The summed E-state index contributed by atoms with van der Waals surface area (Å²) in [5.41, 5.74) is 5.10. The summed E-state index contributed by atoms with van der Waals surface area (Å²) in [5.74, 6) is -0.559. The van der Waals surface area contributed by atoms with Gasteiger partial charge in [0.1, 0.15) is 24.3 Å². The van der Waals surface area contributed by atoms with Crippen molar-refractivity contribution in [3.63, 3.8) is 0 Å². The first-order valence-electron chi connectivity index (χ1n) is 7.25. The summed E-state index contributed by atoms with van der Waals surface area (Å²) in [6.45, 7) is 2.02. The Morgan fingerprint density at radius 1 is 0.913 bits per heavy atom. The SMILES string of the molecule is CC(c1ccc(F)cc1)C(Nn1cncn1)c1ccc(F)cc1. The van der Waals surface area contributed by atoms with Crippen molar-refractivity contribution in [1.29, 1.82) is 0 Å². The molecular weight excluding hydrogens is 298 g/mol. The molecule has 0 saturated heterocycles. The maximum absolute atomic E-state index is 13.2. The van der Waals surface area contributed by atoms with Gasteiger partial charge in [-0.2, -0.15) is 4.79 Å². The predicted octanol–water partition coefficient (Wildman–Crippen LogP) is 3.64. The lowest BCUT2D eigenvalue weighted by atomic mass is 9.89. The Hall–Kier alpha value is -2.76. The van der Waals surface area contributed by atoms with E-state index in [4.69, 9.17) is 0 Å². The van der Waals surface area contributed by atoms with Crippen molar-refractivity contribution in [2.45, 2.75) is 18.9 Å². The molecule has 2 aromatic carbocycles. The number of hydrogen-bond acceptors (Lipinski definition) is 3. The highest BCUT2D eigenvalue weighted by atomic mass is 19.1. The summed E-state index contributed by atoms with van der Waals surface area (Å²) >= 11 is 0. The van der Waals surface area contributed by atoms with E-state index >= 15 is 0 Å². The highest BCUT2D eigenvalue weighted by molar-refractivity contribution is 5.29. The van der Waals surface area contributed by atoms with Crippen LogP contribution in [0.3, 0.4) is 0 Å². The molecule has 0 spiro atoms. The van der Waals surface area contributed by atoms with Gasteiger partial charge in [-0.3, -0.25) is 0 Å². The second-order valence-corrected chi connectivity index (χ2v) is 5.34. The fourth-order valence-electron chi connectivity index (χ4n) is 2.52.